The topological polar surface area (TPSA) is 40.5 Å². The number of anilines is 1. The molecule has 19 heavy (non-hydrogen) atoms. The summed E-state index contributed by atoms with van der Waals surface area (Å²) in [7, 11) is 0. The van der Waals surface area contributed by atoms with Gasteiger partial charge in [0.1, 0.15) is 5.82 Å². The van der Waals surface area contributed by atoms with Crippen molar-refractivity contribution >= 4 is 29.5 Å². The average molecular weight is 281 g/mol. The van der Waals surface area contributed by atoms with Gasteiger partial charge in [0.2, 0.25) is 0 Å². The molecule has 3 nitrogen and oxygen atoms in total. The molecule has 2 rings (SSSR count). The first-order chi connectivity index (χ1) is 9.16. The third-order valence-corrected chi connectivity index (χ3v) is 4.00. The number of hydrogen-bond acceptors (Lipinski definition) is 3. The van der Waals surface area contributed by atoms with Gasteiger partial charge in [0.05, 0.1) is 5.69 Å². The Morgan fingerprint density at radius 1 is 1.37 bits per heavy atom. The summed E-state index contributed by atoms with van der Waals surface area (Å²) in [5.41, 5.74) is 1.17. The number of benzene rings is 1. The maximum Gasteiger partial charge on any atom is 0.328 e. The standard InChI is InChI=1S/C14H16FNO2S/c15-12-10-11(3-5-14(17)18)2-4-13(12)16-6-1-8-19-9-7-16/h2-5,10H,1,6-9H2,(H,17,18). The van der Waals surface area contributed by atoms with Crippen LogP contribution in [0.25, 0.3) is 6.08 Å². The van der Waals surface area contributed by atoms with Gasteiger partial charge in [-0.25, -0.2) is 9.18 Å². The van der Waals surface area contributed by atoms with Crippen LogP contribution in [0.15, 0.2) is 24.3 Å². The fraction of sp³-hybridized carbons (Fsp3) is 0.357. The zero-order chi connectivity index (χ0) is 13.7. The number of carboxylic acids is 1. The van der Waals surface area contributed by atoms with E-state index in [1.54, 1.807) is 12.1 Å². The molecule has 1 aromatic rings. The lowest BCUT2D eigenvalue weighted by atomic mass is 10.1. The van der Waals surface area contributed by atoms with Crippen LogP contribution in [0.1, 0.15) is 12.0 Å². The smallest absolute Gasteiger partial charge is 0.328 e. The van der Waals surface area contributed by atoms with Crippen molar-refractivity contribution in [2.75, 3.05) is 29.5 Å². The molecular formula is C14H16FNO2S. The Bertz CT molecular complexity index is 482. The molecule has 0 atom stereocenters. The molecule has 1 aliphatic heterocycles. The van der Waals surface area contributed by atoms with Crippen molar-refractivity contribution < 1.29 is 14.3 Å². The summed E-state index contributed by atoms with van der Waals surface area (Å²) in [5, 5.41) is 8.54. The third kappa shape index (κ3) is 3.99. The van der Waals surface area contributed by atoms with E-state index in [2.05, 4.69) is 4.90 Å². The molecule has 0 aliphatic carbocycles. The molecule has 1 aromatic carbocycles. The molecular weight excluding hydrogens is 265 g/mol. The van der Waals surface area contributed by atoms with Gasteiger partial charge in [0.25, 0.3) is 0 Å². The molecule has 0 unspecified atom stereocenters. The van der Waals surface area contributed by atoms with E-state index in [4.69, 9.17) is 5.11 Å². The highest BCUT2D eigenvalue weighted by atomic mass is 32.2. The van der Waals surface area contributed by atoms with Crippen LogP contribution in [-0.2, 0) is 4.79 Å². The molecule has 1 saturated heterocycles. The van der Waals surface area contributed by atoms with Crippen molar-refractivity contribution in [2.24, 2.45) is 0 Å². The molecule has 0 spiro atoms. The molecule has 1 fully saturated rings. The number of nitrogens with zero attached hydrogens (tertiary/aromatic N) is 1. The number of aliphatic carboxylic acids is 1. The van der Waals surface area contributed by atoms with E-state index in [9.17, 15) is 9.18 Å². The van der Waals surface area contributed by atoms with E-state index >= 15 is 0 Å². The minimum Gasteiger partial charge on any atom is -0.478 e. The zero-order valence-corrected chi connectivity index (χ0v) is 11.3. The summed E-state index contributed by atoms with van der Waals surface area (Å²) in [6, 6.07) is 4.86. The van der Waals surface area contributed by atoms with E-state index in [1.165, 1.54) is 12.1 Å². The quantitative estimate of drug-likeness (QED) is 0.865. The predicted octanol–water partition coefficient (Wildman–Crippen LogP) is 2.87. The van der Waals surface area contributed by atoms with Crippen LogP contribution in [0.2, 0.25) is 0 Å². The molecule has 1 heterocycles. The maximum absolute atomic E-state index is 14.1. The number of halogens is 1. The normalized spacial score (nSPS) is 16.6. The molecule has 0 radical (unpaired) electrons. The monoisotopic (exact) mass is 281 g/mol. The second-order valence-electron chi connectivity index (χ2n) is 4.34. The summed E-state index contributed by atoms with van der Waals surface area (Å²) in [5.74, 6) is 0.811. The van der Waals surface area contributed by atoms with Gasteiger partial charge in [-0.1, -0.05) is 6.07 Å². The molecule has 1 aliphatic rings. The Morgan fingerprint density at radius 3 is 2.95 bits per heavy atom. The summed E-state index contributed by atoms with van der Waals surface area (Å²) in [6.07, 6.45) is 3.47. The van der Waals surface area contributed by atoms with Crippen LogP contribution >= 0.6 is 11.8 Å². The fourth-order valence-corrected chi connectivity index (χ4v) is 2.92. The number of rotatable bonds is 3. The van der Waals surface area contributed by atoms with Gasteiger partial charge in [-0.2, -0.15) is 11.8 Å². The number of carboxylic acid groups (broad SMARTS) is 1. The molecule has 0 bridgehead atoms. The van der Waals surface area contributed by atoms with E-state index in [1.807, 2.05) is 11.8 Å². The Hall–Kier alpha value is -1.49. The van der Waals surface area contributed by atoms with Gasteiger partial charge in [0.15, 0.2) is 0 Å². The van der Waals surface area contributed by atoms with Crippen molar-refractivity contribution in [1.82, 2.24) is 0 Å². The highest BCUT2D eigenvalue weighted by molar-refractivity contribution is 7.99. The maximum atomic E-state index is 14.1. The van der Waals surface area contributed by atoms with Crippen LogP contribution in [-0.4, -0.2) is 35.7 Å². The van der Waals surface area contributed by atoms with Crippen LogP contribution < -0.4 is 4.90 Å². The number of hydrogen-bond donors (Lipinski definition) is 1. The summed E-state index contributed by atoms with van der Waals surface area (Å²) in [4.78, 5) is 12.5. The highest BCUT2D eigenvalue weighted by Crippen LogP contribution is 2.23. The molecule has 1 N–H and O–H groups in total. The lowest BCUT2D eigenvalue weighted by Crippen LogP contribution is -2.26. The Morgan fingerprint density at radius 2 is 2.21 bits per heavy atom. The lowest BCUT2D eigenvalue weighted by Gasteiger charge is -2.22. The van der Waals surface area contributed by atoms with Crippen LogP contribution in [0.4, 0.5) is 10.1 Å². The van der Waals surface area contributed by atoms with Gasteiger partial charge in [-0.3, -0.25) is 0 Å². The first-order valence-corrected chi connectivity index (χ1v) is 7.35. The van der Waals surface area contributed by atoms with Crippen LogP contribution in [0.3, 0.4) is 0 Å². The summed E-state index contributed by atoms with van der Waals surface area (Å²) < 4.78 is 14.1. The van der Waals surface area contributed by atoms with E-state index in [0.717, 1.165) is 37.1 Å². The van der Waals surface area contributed by atoms with Crippen molar-refractivity contribution in [3.05, 3.63) is 35.7 Å². The van der Waals surface area contributed by atoms with Gasteiger partial charge in [-0.05, 0) is 35.9 Å². The van der Waals surface area contributed by atoms with Crippen molar-refractivity contribution in [3.63, 3.8) is 0 Å². The van der Waals surface area contributed by atoms with Crippen molar-refractivity contribution in [3.8, 4) is 0 Å². The van der Waals surface area contributed by atoms with Gasteiger partial charge >= 0.3 is 5.97 Å². The lowest BCUT2D eigenvalue weighted by molar-refractivity contribution is -0.131. The first kappa shape index (κ1) is 13.9. The predicted molar refractivity (Wildman–Crippen MR) is 77.2 cm³/mol. The summed E-state index contributed by atoms with van der Waals surface area (Å²) in [6.45, 7) is 1.72. The number of carbonyl (C=O) groups is 1. The van der Waals surface area contributed by atoms with E-state index in [0.29, 0.717) is 11.3 Å². The van der Waals surface area contributed by atoms with Crippen molar-refractivity contribution in [1.29, 1.82) is 0 Å². The summed E-state index contributed by atoms with van der Waals surface area (Å²) >= 11 is 1.89. The van der Waals surface area contributed by atoms with Crippen LogP contribution in [0, 0.1) is 5.82 Å². The van der Waals surface area contributed by atoms with E-state index < -0.39 is 5.97 Å². The molecule has 0 aromatic heterocycles. The second-order valence-corrected chi connectivity index (χ2v) is 5.56. The third-order valence-electron chi connectivity index (χ3n) is 2.95. The Kier molecular flexibility index (Phi) is 4.85. The molecule has 0 amide bonds. The Balaban J connectivity index is 2.16. The average Bonchev–Trinajstić information content (AvgIpc) is 2.65. The zero-order valence-electron chi connectivity index (χ0n) is 10.5. The van der Waals surface area contributed by atoms with Gasteiger partial charge < -0.3 is 10.0 Å². The second kappa shape index (κ2) is 6.61. The Labute approximate surface area is 116 Å². The minimum absolute atomic E-state index is 0.292. The van der Waals surface area contributed by atoms with Gasteiger partial charge in [0, 0.05) is 24.9 Å². The largest absolute Gasteiger partial charge is 0.478 e. The molecule has 0 saturated carbocycles. The fourth-order valence-electron chi connectivity index (χ4n) is 2.04. The van der Waals surface area contributed by atoms with E-state index in [-0.39, 0.29) is 5.82 Å². The minimum atomic E-state index is -1.03. The van der Waals surface area contributed by atoms with Gasteiger partial charge in [-0.15, -0.1) is 0 Å². The molecule has 102 valence electrons. The van der Waals surface area contributed by atoms with Crippen molar-refractivity contribution in [2.45, 2.75) is 6.42 Å². The molecule has 5 heteroatoms. The number of thioether (sulfide) groups is 1. The van der Waals surface area contributed by atoms with Crippen LogP contribution in [0.5, 0.6) is 0 Å². The highest BCUT2D eigenvalue weighted by Gasteiger charge is 2.13. The first-order valence-electron chi connectivity index (χ1n) is 6.20. The SMILES string of the molecule is O=C(O)C=Cc1ccc(N2CCCSCC2)c(F)c1.